The van der Waals surface area contributed by atoms with Crippen LogP contribution in [0.25, 0.3) is 0 Å². The maximum absolute atomic E-state index is 11.0. The van der Waals surface area contributed by atoms with Gasteiger partial charge in [0.05, 0.1) is 11.5 Å². The van der Waals surface area contributed by atoms with Crippen LogP contribution < -0.4 is 0 Å². The molecule has 0 radical (unpaired) electrons. The second-order valence-corrected chi connectivity index (χ2v) is 6.22. The van der Waals surface area contributed by atoms with E-state index >= 15 is 0 Å². The first-order valence-corrected chi connectivity index (χ1v) is 6.30. The van der Waals surface area contributed by atoms with E-state index in [0.29, 0.717) is 11.5 Å². The molecule has 2 saturated heterocycles. The second-order valence-electron chi connectivity index (χ2n) is 4.15. The zero-order valence-electron chi connectivity index (χ0n) is 7.41. The van der Waals surface area contributed by atoms with Gasteiger partial charge < -0.3 is 4.90 Å². The van der Waals surface area contributed by atoms with Crippen molar-refractivity contribution in [2.24, 2.45) is 5.41 Å². The fraction of sp³-hybridized carbons (Fsp3) is 1.00. The lowest BCUT2D eigenvalue weighted by atomic mass is 9.91. The summed E-state index contributed by atoms with van der Waals surface area (Å²) in [4.78, 5) is 2.34. The Hall–Kier alpha value is -0.0900. The molecule has 2 aliphatic heterocycles. The summed E-state index contributed by atoms with van der Waals surface area (Å²) in [5.41, 5.74) is 0.162. The monoisotopic (exact) mass is 189 g/mol. The van der Waals surface area contributed by atoms with Crippen LogP contribution in [0.4, 0.5) is 0 Å². The topological polar surface area (TPSA) is 37.4 Å². The smallest absolute Gasteiger partial charge is 0.151 e. The lowest BCUT2D eigenvalue weighted by Crippen LogP contribution is -2.50. The van der Waals surface area contributed by atoms with Gasteiger partial charge in [0.1, 0.15) is 0 Å². The van der Waals surface area contributed by atoms with Gasteiger partial charge in [0.25, 0.3) is 0 Å². The molecule has 0 bridgehead atoms. The Morgan fingerprint density at radius 3 is 2.50 bits per heavy atom. The summed E-state index contributed by atoms with van der Waals surface area (Å²) in [6.45, 7) is 5.28. The molecule has 2 fully saturated rings. The van der Waals surface area contributed by atoms with Crippen molar-refractivity contribution >= 4 is 9.84 Å². The van der Waals surface area contributed by atoms with Crippen LogP contribution in [-0.2, 0) is 9.84 Å². The fourth-order valence-corrected chi connectivity index (χ4v) is 4.68. The van der Waals surface area contributed by atoms with Gasteiger partial charge in [0.15, 0.2) is 9.84 Å². The van der Waals surface area contributed by atoms with Gasteiger partial charge in [-0.3, -0.25) is 0 Å². The van der Waals surface area contributed by atoms with Crippen LogP contribution in [0, 0.1) is 5.41 Å². The molecule has 0 atom stereocenters. The van der Waals surface area contributed by atoms with Gasteiger partial charge in [0.2, 0.25) is 0 Å². The predicted octanol–water partition coefficient (Wildman–Crippen LogP) is 0.127. The summed E-state index contributed by atoms with van der Waals surface area (Å²) in [6.07, 6.45) is 1.08. The van der Waals surface area contributed by atoms with Crippen molar-refractivity contribution < 1.29 is 8.42 Å². The molecule has 0 unspecified atom stereocenters. The maximum atomic E-state index is 11.0. The van der Waals surface area contributed by atoms with Crippen LogP contribution in [0.5, 0.6) is 0 Å². The Morgan fingerprint density at radius 2 is 2.08 bits per heavy atom. The minimum Gasteiger partial charge on any atom is -0.303 e. The van der Waals surface area contributed by atoms with Crippen molar-refractivity contribution in [3.05, 3.63) is 0 Å². The van der Waals surface area contributed by atoms with E-state index in [1.807, 2.05) is 0 Å². The lowest BCUT2D eigenvalue weighted by Gasteiger charge is -2.37. The molecule has 0 amide bonds. The Balaban J connectivity index is 2.01. The highest BCUT2D eigenvalue weighted by atomic mass is 32.2. The Bertz CT molecular complexity index is 271. The molecule has 0 aromatic rings. The highest BCUT2D eigenvalue weighted by Gasteiger charge is 2.51. The first kappa shape index (κ1) is 8.51. The zero-order chi connectivity index (χ0) is 8.82. The fourth-order valence-electron chi connectivity index (χ4n) is 2.42. The molecule has 0 aliphatic carbocycles. The van der Waals surface area contributed by atoms with Gasteiger partial charge in [-0.05, 0) is 19.5 Å². The molecule has 2 aliphatic rings. The summed E-state index contributed by atoms with van der Waals surface area (Å²) < 4.78 is 22.0. The first-order valence-electron chi connectivity index (χ1n) is 4.48. The van der Waals surface area contributed by atoms with E-state index in [1.165, 1.54) is 0 Å². The molecule has 0 aromatic carbocycles. The number of hydrogen-bond donors (Lipinski definition) is 0. The standard InChI is InChI=1S/C8H15NO2S/c1-2-9-4-3-8(5-9)6-12(10,11)7-8/h2-7H2,1H3. The number of sulfone groups is 1. The predicted molar refractivity (Wildman–Crippen MR) is 47.8 cm³/mol. The third kappa shape index (κ3) is 1.27. The number of rotatable bonds is 1. The maximum Gasteiger partial charge on any atom is 0.151 e. The average Bonchev–Trinajstić information content (AvgIpc) is 2.29. The first-order chi connectivity index (χ1) is 5.55. The molecule has 2 rings (SSSR count). The quantitative estimate of drug-likeness (QED) is 0.588. The highest BCUT2D eigenvalue weighted by Crippen LogP contribution is 2.41. The van der Waals surface area contributed by atoms with E-state index in [4.69, 9.17) is 0 Å². The second kappa shape index (κ2) is 2.45. The van der Waals surface area contributed by atoms with Crippen molar-refractivity contribution in [3.63, 3.8) is 0 Å². The highest BCUT2D eigenvalue weighted by molar-refractivity contribution is 7.92. The van der Waals surface area contributed by atoms with Gasteiger partial charge in [0, 0.05) is 12.0 Å². The summed E-state index contributed by atoms with van der Waals surface area (Å²) in [5, 5.41) is 0. The van der Waals surface area contributed by atoms with Gasteiger partial charge in [-0.15, -0.1) is 0 Å². The molecule has 0 aromatic heterocycles. The molecule has 0 N–H and O–H groups in total. The van der Waals surface area contributed by atoms with Crippen LogP contribution in [0.2, 0.25) is 0 Å². The van der Waals surface area contributed by atoms with Gasteiger partial charge in [-0.25, -0.2) is 8.42 Å². The molecular formula is C8H15NO2S. The van der Waals surface area contributed by atoms with Crippen molar-refractivity contribution in [2.75, 3.05) is 31.1 Å². The Morgan fingerprint density at radius 1 is 1.42 bits per heavy atom. The molecule has 70 valence electrons. The Labute approximate surface area is 73.7 Å². The SMILES string of the molecule is CCN1CCC2(C1)CS(=O)(=O)C2. The van der Waals surface area contributed by atoms with E-state index < -0.39 is 9.84 Å². The van der Waals surface area contributed by atoms with Crippen LogP contribution in [0.1, 0.15) is 13.3 Å². The van der Waals surface area contributed by atoms with Crippen LogP contribution in [-0.4, -0.2) is 44.5 Å². The molecule has 1 spiro atoms. The summed E-state index contributed by atoms with van der Waals surface area (Å²) >= 11 is 0. The average molecular weight is 189 g/mol. The number of nitrogens with zero attached hydrogens (tertiary/aromatic N) is 1. The molecule has 0 saturated carbocycles. The summed E-state index contributed by atoms with van der Waals surface area (Å²) in [6, 6.07) is 0. The van der Waals surface area contributed by atoms with Gasteiger partial charge >= 0.3 is 0 Å². The minimum atomic E-state index is -2.63. The van der Waals surface area contributed by atoms with Crippen molar-refractivity contribution in [3.8, 4) is 0 Å². The van der Waals surface area contributed by atoms with Crippen LogP contribution >= 0.6 is 0 Å². The van der Waals surface area contributed by atoms with E-state index in [1.54, 1.807) is 0 Å². The molecule has 3 nitrogen and oxygen atoms in total. The van der Waals surface area contributed by atoms with Gasteiger partial charge in [-0.1, -0.05) is 6.92 Å². The Kier molecular flexibility index (Phi) is 1.74. The van der Waals surface area contributed by atoms with E-state index in [0.717, 1.165) is 26.1 Å². The lowest BCUT2D eigenvalue weighted by molar-refractivity contribution is 0.290. The van der Waals surface area contributed by atoms with E-state index in [2.05, 4.69) is 11.8 Å². The number of likely N-dealkylation sites (tertiary alicyclic amines) is 1. The summed E-state index contributed by atoms with van der Waals surface area (Å²) in [5.74, 6) is 0.882. The molecule has 2 heterocycles. The zero-order valence-corrected chi connectivity index (χ0v) is 8.23. The van der Waals surface area contributed by atoms with E-state index in [9.17, 15) is 8.42 Å². The van der Waals surface area contributed by atoms with Crippen LogP contribution in [0.15, 0.2) is 0 Å². The third-order valence-electron chi connectivity index (χ3n) is 3.02. The summed E-state index contributed by atoms with van der Waals surface area (Å²) in [7, 11) is -2.63. The van der Waals surface area contributed by atoms with Crippen molar-refractivity contribution in [2.45, 2.75) is 13.3 Å². The molecule has 4 heteroatoms. The largest absolute Gasteiger partial charge is 0.303 e. The molecular weight excluding hydrogens is 174 g/mol. The number of hydrogen-bond acceptors (Lipinski definition) is 3. The third-order valence-corrected chi connectivity index (χ3v) is 5.12. The minimum absolute atomic E-state index is 0.162. The van der Waals surface area contributed by atoms with Crippen LogP contribution in [0.3, 0.4) is 0 Å². The molecule has 12 heavy (non-hydrogen) atoms. The van der Waals surface area contributed by atoms with Crippen molar-refractivity contribution in [1.82, 2.24) is 4.90 Å². The van der Waals surface area contributed by atoms with E-state index in [-0.39, 0.29) is 5.41 Å². The van der Waals surface area contributed by atoms with Crippen molar-refractivity contribution in [1.29, 1.82) is 0 Å². The van der Waals surface area contributed by atoms with Gasteiger partial charge in [-0.2, -0.15) is 0 Å². The normalized spacial score (nSPS) is 32.1.